The Balaban J connectivity index is 1.90. The van der Waals surface area contributed by atoms with Gasteiger partial charge in [-0.2, -0.15) is 0 Å². The van der Waals surface area contributed by atoms with E-state index in [2.05, 4.69) is 0 Å². The number of fused-ring (bicyclic) bond motifs is 1. The molecule has 0 bridgehead atoms. The van der Waals surface area contributed by atoms with Gasteiger partial charge in [-0.3, -0.25) is 14.7 Å². The molecule has 1 aliphatic rings. The van der Waals surface area contributed by atoms with Crippen LogP contribution in [0.4, 0.5) is 10.5 Å². The molecule has 1 amide bonds. The lowest BCUT2D eigenvalue weighted by Gasteiger charge is -2.34. The number of nitro benzene ring substituents is 1. The van der Waals surface area contributed by atoms with Crippen LogP contribution in [0.3, 0.4) is 0 Å². The summed E-state index contributed by atoms with van der Waals surface area (Å²) >= 11 is 0. The molecular formula is C21H29N3O7. The molecule has 31 heavy (non-hydrogen) atoms. The highest BCUT2D eigenvalue weighted by molar-refractivity contribution is 5.96. The van der Waals surface area contributed by atoms with E-state index in [1.165, 1.54) is 16.7 Å². The van der Waals surface area contributed by atoms with Crippen molar-refractivity contribution >= 4 is 22.6 Å². The Morgan fingerprint density at radius 1 is 1.16 bits per heavy atom. The maximum absolute atomic E-state index is 12.3. The zero-order valence-corrected chi connectivity index (χ0v) is 18.4. The fourth-order valence-electron chi connectivity index (χ4n) is 3.77. The summed E-state index contributed by atoms with van der Waals surface area (Å²) in [5.74, 6) is -0.408. The number of likely N-dealkylation sites (tertiary alicyclic amines) is 1. The Labute approximate surface area is 180 Å². The SMILES string of the molecule is CC(C)Oc1cc2c(O)n(C3CCN(C(=O)OC(C)(C)C)CC3)c(O)c2cc1[N+](=O)[O-]. The van der Waals surface area contributed by atoms with Crippen LogP contribution in [0.5, 0.6) is 17.5 Å². The molecule has 1 aliphatic heterocycles. The molecule has 0 unspecified atom stereocenters. The molecule has 2 N–H and O–H groups in total. The van der Waals surface area contributed by atoms with Crippen LogP contribution in [0.1, 0.15) is 53.5 Å². The molecule has 170 valence electrons. The van der Waals surface area contributed by atoms with Crippen LogP contribution in [0.25, 0.3) is 10.8 Å². The standard InChI is InChI=1S/C21H29N3O7/c1-12(2)30-17-11-15-14(10-16(17)24(28)29)18(25)23(19(15)26)13-6-8-22(9-7-13)20(27)31-21(3,4)5/h10-13,25-26H,6-9H2,1-5H3. The molecule has 2 heterocycles. The van der Waals surface area contributed by atoms with Crippen molar-refractivity contribution in [1.82, 2.24) is 9.47 Å². The first kappa shape index (κ1) is 22.5. The zero-order chi connectivity index (χ0) is 23.1. The lowest BCUT2D eigenvalue weighted by atomic mass is 10.1. The number of aromatic hydroxyl groups is 2. The van der Waals surface area contributed by atoms with Crippen LogP contribution in [0.2, 0.25) is 0 Å². The monoisotopic (exact) mass is 435 g/mol. The number of amides is 1. The highest BCUT2D eigenvalue weighted by atomic mass is 16.6. The lowest BCUT2D eigenvalue weighted by molar-refractivity contribution is -0.385. The van der Waals surface area contributed by atoms with Crippen LogP contribution >= 0.6 is 0 Å². The normalized spacial score (nSPS) is 15.5. The first-order valence-electron chi connectivity index (χ1n) is 10.3. The molecule has 1 aromatic carbocycles. The smallest absolute Gasteiger partial charge is 0.410 e. The predicted octanol–water partition coefficient (Wildman–Crippen LogP) is 4.32. The second-order valence-electron chi connectivity index (χ2n) is 9.01. The summed E-state index contributed by atoms with van der Waals surface area (Å²) in [4.78, 5) is 24.8. The van der Waals surface area contributed by atoms with E-state index in [1.807, 2.05) is 0 Å². The fourth-order valence-corrected chi connectivity index (χ4v) is 3.77. The number of nitro groups is 1. The van der Waals surface area contributed by atoms with E-state index in [0.717, 1.165) is 0 Å². The largest absolute Gasteiger partial charge is 0.494 e. The summed E-state index contributed by atoms with van der Waals surface area (Å²) in [6.07, 6.45) is 0.270. The third-order valence-electron chi connectivity index (χ3n) is 5.08. The van der Waals surface area contributed by atoms with E-state index in [-0.39, 0.29) is 46.1 Å². The predicted molar refractivity (Wildman–Crippen MR) is 114 cm³/mol. The van der Waals surface area contributed by atoms with Crippen molar-refractivity contribution in [3.8, 4) is 17.5 Å². The van der Waals surface area contributed by atoms with Gasteiger partial charge in [0.05, 0.1) is 21.8 Å². The minimum Gasteiger partial charge on any atom is -0.494 e. The van der Waals surface area contributed by atoms with E-state index in [4.69, 9.17) is 9.47 Å². The van der Waals surface area contributed by atoms with Crippen molar-refractivity contribution in [3.05, 3.63) is 22.2 Å². The second-order valence-corrected chi connectivity index (χ2v) is 9.01. The maximum Gasteiger partial charge on any atom is 0.410 e. The van der Waals surface area contributed by atoms with E-state index in [9.17, 15) is 25.1 Å². The van der Waals surface area contributed by atoms with E-state index in [1.54, 1.807) is 39.5 Å². The van der Waals surface area contributed by atoms with Crippen LogP contribution in [-0.4, -0.2) is 55.5 Å². The van der Waals surface area contributed by atoms with Crippen molar-refractivity contribution in [1.29, 1.82) is 0 Å². The van der Waals surface area contributed by atoms with Gasteiger partial charge in [0.15, 0.2) is 5.75 Å². The van der Waals surface area contributed by atoms with Gasteiger partial charge < -0.3 is 24.6 Å². The summed E-state index contributed by atoms with van der Waals surface area (Å²) in [6.45, 7) is 9.69. The summed E-state index contributed by atoms with van der Waals surface area (Å²) in [5, 5.41) is 33.5. The van der Waals surface area contributed by atoms with Gasteiger partial charge in [-0.05, 0) is 47.5 Å². The second kappa shape index (κ2) is 8.16. The number of nitrogens with zero attached hydrogens (tertiary/aromatic N) is 3. The Morgan fingerprint density at radius 3 is 2.19 bits per heavy atom. The third kappa shape index (κ3) is 4.62. The van der Waals surface area contributed by atoms with Crippen LogP contribution in [-0.2, 0) is 4.74 Å². The molecule has 0 aliphatic carbocycles. The summed E-state index contributed by atoms with van der Waals surface area (Å²) in [6, 6.07) is 2.32. The quantitative estimate of drug-likeness (QED) is 0.541. The summed E-state index contributed by atoms with van der Waals surface area (Å²) in [7, 11) is 0. The Hall–Kier alpha value is -3.17. The van der Waals surface area contributed by atoms with Crippen molar-refractivity contribution in [3.63, 3.8) is 0 Å². The van der Waals surface area contributed by atoms with Gasteiger partial charge in [0.2, 0.25) is 11.8 Å². The number of ether oxygens (including phenoxy) is 2. The molecular weight excluding hydrogens is 406 g/mol. The van der Waals surface area contributed by atoms with Gasteiger partial charge in [-0.25, -0.2) is 4.79 Å². The molecule has 0 radical (unpaired) electrons. The molecule has 10 nitrogen and oxygen atoms in total. The maximum atomic E-state index is 12.3. The van der Waals surface area contributed by atoms with Crippen molar-refractivity contribution in [2.24, 2.45) is 0 Å². The highest BCUT2D eigenvalue weighted by Gasteiger charge is 2.32. The average molecular weight is 435 g/mol. The lowest BCUT2D eigenvalue weighted by Crippen LogP contribution is -2.42. The number of hydrogen-bond acceptors (Lipinski definition) is 7. The number of rotatable bonds is 4. The van der Waals surface area contributed by atoms with Gasteiger partial charge in [0.1, 0.15) is 5.60 Å². The molecule has 1 saturated heterocycles. The highest BCUT2D eigenvalue weighted by Crippen LogP contribution is 2.45. The molecule has 0 saturated carbocycles. The van der Waals surface area contributed by atoms with E-state index < -0.39 is 16.6 Å². The number of aromatic nitrogens is 1. The van der Waals surface area contributed by atoms with Crippen LogP contribution in [0, 0.1) is 10.1 Å². The van der Waals surface area contributed by atoms with Gasteiger partial charge in [-0.1, -0.05) is 0 Å². The number of carbonyl (C=O) groups excluding carboxylic acids is 1. The third-order valence-corrected chi connectivity index (χ3v) is 5.08. The molecule has 0 atom stereocenters. The minimum absolute atomic E-state index is 0.0275. The van der Waals surface area contributed by atoms with Gasteiger partial charge in [-0.15, -0.1) is 0 Å². The fraction of sp³-hybridized carbons (Fsp3) is 0.571. The van der Waals surface area contributed by atoms with Gasteiger partial charge in [0, 0.05) is 31.3 Å². The Bertz CT molecular complexity index is 999. The van der Waals surface area contributed by atoms with Gasteiger partial charge in [0.25, 0.3) is 0 Å². The van der Waals surface area contributed by atoms with Crippen LogP contribution in [0.15, 0.2) is 12.1 Å². The van der Waals surface area contributed by atoms with Crippen LogP contribution < -0.4 is 4.74 Å². The van der Waals surface area contributed by atoms with Gasteiger partial charge >= 0.3 is 11.8 Å². The van der Waals surface area contributed by atoms with E-state index >= 15 is 0 Å². The Kier molecular flexibility index (Phi) is 5.93. The number of hydrogen-bond donors (Lipinski definition) is 2. The molecule has 1 aromatic heterocycles. The number of carbonyl (C=O) groups is 1. The Morgan fingerprint density at radius 2 is 1.71 bits per heavy atom. The van der Waals surface area contributed by atoms with Crippen molar-refractivity contribution < 1.29 is 29.4 Å². The summed E-state index contributed by atoms with van der Waals surface area (Å²) < 4.78 is 12.3. The summed E-state index contributed by atoms with van der Waals surface area (Å²) in [5.41, 5.74) is -0.874. The molecule has 2 aromatic rings. The molecule has 0 spiro atoms. The minimum atomic E-state index is -0.590. The first-order chi connectivity index (χ1) is 14.4. The zero-order valence-electron chi connectivity index (χ0n) is 18.4. The number of benzene rings is 1. The first-order valence-corrected chi connectivity index (χ1v) is 10.3. The average Bonchev–Trinajstić information content (AvgIpc) is 2.89. The molecule has 10 heteroatoms. The topological polar surface area (TPSA) is 127 Å². The number of piperidine rings is 1. The van der Waals surface area contributed by atoms with Crippen molar-refractivity contribution in [2.45, 2.75) is 65.2 Å². The molecule has 3 rings (SSSR count). The van der Waals surface area contributed by atoms with Crippen molar-refractivity contribution in [2.75, 3.05) is 13.1 Å². The molecule has 1 fully saturated rings. The van der Waals surface area contributed by atoms with E-state index in [0.29, 0.717) is 25.9 Å².